The van der Waals surface area contributed by atoms with E-state index in [2.05, 4.69) is 15.7 Å². The van der Waals surface area contributed by atoms with Gasteiger partial charge < -0.3 is 10.6 Å². The minimum Gasteiger partial charge on any atom is -0.350 e. The van der Waals surface area contributed by atoms with Crippen LogP contribution in [-0.2, 0) is 4.79 Å². The maximum atomic E-state index is 12.6. The molecular weight excluding hydrogens is 370 g/mol. The van der Waals surface area contributed by atoms with Gasteiger partial charge in [0.15, 0.2) is 0 Å². The first-order valence-electron chi connectivity index (χ1n) is 8.58. The van der Waals surface area contributed by atoms with E-state index >= 15 is 0 Å². The minimum atomic E-state index is -0.437. The number of carbonyl (C=O) groups excluding carboxylic acids is 3. The SMILES string of the molecule is CC(C)c1c(C(=O)NCCN2C(=O)CNC2=O)cnn1-c1ccc(Cl)cc1. The number of rotatable bonds is 6. The van der Waals surface area contributed by atoms with Crippen molar-refractivity contribution < 1.29 is 14.4 Å². The standard InChI is InChI=1S/C18H20ClN5O3/c1-11(2)16-14(9-22-24(16)13-5-3-12(19)4-6-13)17(26)20-7-8-23-15(25)10-21-18(23)27/h3-6,9,11H,7-8,10H2,1-2H3,(H,20,26)(H,21,27). The Bertz CT molecular complexity index is 860. The first kappa shape index (κ1) is 18.9. The summed E-state index contributed by atoms with van der Waals surface area (Å²) in [5.41, 5.74) is 2.03. The molecule has 8 nitrogen and oxygen atoms in total. The molecule has 1 aromatic carbocycles. The van der Waals surface area contributed by atoms with Crippen LogP contribution in [0.4, 0.5) is 4.79 Å². The molecule has 2 heterocycles. The minimum absolute atomic E-state index is 0.00185. The molecule has 0 bridgehead atoms. The molecule has 4 amide bonds. The van der Waals surface area contributed by atoms with Crippen LogP contribution < -0.4 is 10.6 Å². The Morgan fingerprint density at radius 3 is 2.59 bits per heavy atom. The molecule has 1 aliphatic rings. The van der Waals surface area contributed by atoms with E-state index in [1.807, 2.05) is 26.0 Å². The average Bonchev–Trinajstić information content (AvgIpc) is 3.21. The molecule has 0 spiro atoms. The van der Waals surface area contributed by atoms with Crippen molar-refractivity contribution in [2.24, 2.45) is 0 Å². The monoisotopic (exact) mass is 389 g/mol. The fraction of sp³-hybridized carbons (Fsp3) is 0.333. The van der Waals surface area contributed by atoms with E-state index < -0.39 is 6.03 Å². The van der Waals surface area contributed by atoms with E-state index in [9.17, 15) is 14.4 Å². The highest BCUT2D eigenvalue weighted by atomic mass is 35.5. The lowest BCUT2D eigenvalue weighted by atomic mass is 10.1. The molecule has 142 valence electrons. The molecule has 2 aromatic rings. The number of aromatic nitrogens is 2. The molecule has 3 rings (SSSR count). The molecule has 27 heavy (non-hydrogen) atoms. The number of nitrogens with one attached hydrogen (secondary N) is 2. The summed E-state index contributed by atoms with van der Waals surface area (Å²) in [6, 6.07) is 6.76. The molecule has 0 radical (unpaired) electrons. The van der Waals surface area contributed by atoms with Crippen LogP contribution in [0.2, 0.25) is 5.02 Å². The number of imide groups is 1. The van der Waals surface area contributed by atoms with Crippen molar-refractivity contribution in [3.8, 4) is 5.69 Å². The number of halogens is 1. The van der Waals surface area contributed by atoms with Crippen LogP contribution in [0, 0.1) is 0 Å². The highest BCUT2D eigenvalue weighted by Gasteiger charge is 2.28. The van der Waals surface area contributed by atoms with Gasteiger partial charge in [-0.3, -0.25) is 14.5 Å². The van der Waals surface area contributed by atoms with Gasteiger partial charge in [-0.15, -0.1) is 0 Å². The summed E-state index contributed by atoms with van der Waals surface area (Å²) in [7, 11) is 0. The largest absolute Gasteiger partial charge is 0.350 e. The summed E-state index contributed by atoms with van der Waals surface area (Å²) < 4.78 is 1.72. The number of carbonyl (C=O) groups is 3. The van der Waals surface area contributed by atoms with Gasteiger partial charge in [-0.25, -0.2) is 9.48 Å². The second kappa shape index (κ2) is 7.79. The predicted molar refractivity (Wildman–Crippen MR) is 100 cm³/mol. The summed E-state index contributed by atoms with van der Waals surface area (Å²) in [6.07, 6.45) is 1.52. The number of amides is 4. The quantitative estimate of drug-likeness (QED) is 0.738. The topological polar surface area (TPSA) is 96.3 Å². The lowest BCUT2D eigenvalue weighted by Crippen LogP contribution is -2.38. The van der Waals surface area contributed by atoms with Crippen molar-refractivity contribution in [1.29, 1.82) is 0 Å². The summed E-state index contributed by atoms with van der Waals surface area (Å²) in [6.45, 7) is 4.25. The van der Waals surface area contributed by atoms with E-state index in [1.54, 1.807) is 16.8 Å². The van der Waals surface area contributed by atoms with E-state index in [1.165, 1.54) is 6.20 Å². The van der Waals surface area contributed by atoms with E-state index in [0.29, 0.717) is 10.6 Å². The predicted octanol–water partition coefficient (Wildman–Crippen LogP) is 1.93. The van der Waals surface area contributed by atoms with Crippen molar-refractivity contribution in [3.05, 3.63) is 46.7 Å². The third-order valence-corrected chi connectivity index (χ3v) is 4.48. The lowest BCUT2D eigenvalue weighted by Gasteiger charge is -2.14. The molecule has 0 saturated carbocycles. The van der Waals surface area contributed by atoms with Crippen molar-refractivity contribution in [3.63, 3.8) is 0 Å². The fourth-order valence-electron chi connectivity index (χ4n) is 2.93. The van der Waals surface area contributed by atoms with E-state index in [0.717, 1.165) is 16.3 Å². The first-order chi connectivity index (χ1) is 12.9. The second-order valence-electron chi connectivity index (χ2n) is 6.45. The highest BCUT2D eigenvalue weighted by molar-refractivity contribution is 6.30. The molecular formula is C18H20ClN5O3. The van der Waals surface area contributed by atoms with Gasteiger partial charge in [0.1, 0.15) is 0 Å². The molecule has 0 atom stereocenters. The van der Waals surface area contributed by atoms with Crippen LogP contribution in [0.3, 0.4) is 0 Å². The van der Waals surface area contributed by atoms with Crippen molar-refractivity contribution >= 4 is 29.4 Å². The van der Waals surface area contributed by atoms with Crippen LogP contribution in [0.15, 0.2) is 30.5 Å². The molecule has 1 saturated heterocycles. The van der Waals surface area contributed by atoms with Crippen LogP contribution in [0.25, 0.3) is 5.69 Å². The van der Waals surface area contributed by atoms with Crippen molar-refractivity contribution in [1.82, 2.24) is 25.3 Å². The summed E-state index contributed by atoms with van der Waals surface area (Å²) in [5.74, 6) is -0.548. The van der Waals surface area contributed by atoms with Crippen molar-refractivity contribution in [2.75, 3.05) is 19.6 Å². The molecule has 1 aromatic heterocycles. The van der Waals surface area contributed by atoms with Crippen LogP contribution in [0.1, 0.15) is 35.8 Å². The van der Waals surface area contributed by atoms with Crippen LogP contribution in [-0.4, -0.2) is 52.2 Å². The second-order valence-corrected chi connectivity index (χ2v) is 6.88. The lowest BCUT2D eigenvalue weighted by molar-refractivity contribution is -0.124. The van der Waals surface area contributed by atoms with Gasteiger partial charge in [0.05, 0.1) is 29.7 Å². The summed E-state index contributed by atoms with van der Waals surface area (Å²) in [5, 5.41) is 10.2. The first-order valence-corrected chi connectivity index (χ1v) is 8.96. The maximum Gasteiger partial charge on any atom is 0.324 e. The zero-order chi connectivity index (χ0) is 19.6. The Labute approximate surface area is 161 Å². The molecule has 1 fully saturated rings. The molecule has 1 aliphatic heterocycles. The van der Waals surface area contributed by atoms with Crippen molar-refractivity contribution in [2.45, 2.75) is 19.8 Å². The Morgan fingerprint density at radius 2 is 2.00 bits per heavy atom. The number of hydrogen-bond donors (Lipinski definition) is 2. The van der Waals surface area contributed by atoms with Gasteiger partial charge in [0.2, 0.25) is 5.91 Å². The zero-order valence-corrected chi connectivity index (χ0v) is 15.8. The van der Waals surface area contributed by atoms with Gasteiger partial charge in [-0.1, -0.05) is 25.4 Å². The van der Waals surface area contributed by atoms with E-state index in [4.69, 9.17) is 11.6 Å². The molecule has 0 unspecified atom stereocenters. The molecule has 2 N–H and O–H groups in total. The Morgan fingerprint density at radius 1 is 1.30 bits per heavy atom. The zero-order valence-electron chi connectivity index (χ0n) is 15.0. The third kappa shape index (κ3) is 3.95. The van der Waals surface area contributed by atoms with Gasteiger partial charge in [0, 0.05) is 18.1 Å². The molecule has 0 aliphatic carbocycles. The fourth-order valence-corrected chi connectivity index (χ4v) is 3.06. The average molecular weight is 390 g/mol. The van der Waals surface area contributed by atoms with Crippen LogP contribution >= 0.6 is 11.6 Å². The van der Waals surface area contributed by atoms with Gasteiger partial charge >= 0.3 is 6.03 Å². The van der Waals surface area contributed by atoms with Crippen LogP contribution in [0.5, 0.6) is 0 Å². The Hall–Kier alpha value is -2.87. The summed E-state index contributed by atoms with van der Waals surface area (Å²) in [4.78, 5) is 36.8. The summed E-state index contributed by atoms with van der Waals surface area (Å²) >= 11 is 5.94. The molecule has 9 heteroatoms. The maximum absolute atomic E-state index is 12.6. The number of hydrogen-bond acceptors (Lipinski definition) is 4. The smallest absolute Gasteiger partial charge is 0.324 e. The number of benzene rings is 1. The Kier molecular flexibility index (Phi) is 5.46. The number of urea groups is 1. The number of nitrogens with zero attached hydrogens (tertiary/aromatic N) is 3. The highest BCUT2D eigenvalue weighted by Crippen LogP contribution is 2.24. The van der Waals surface area contributed by atoms with Gasteiger partial charge in [0.25, 0.3) is 5.91 Å². The van der Waals surface area contributed by atoms with Gasteiger partial charge in [-0.2, -0.15) is 5.10 Å². The Balaban J connectivity index is 1.74. The third-order valence-electron chi connectivity index (χ3n) is 4.23. The normalized spacial score (nSPS) is 14.0. The van der Waals surface area contributed by atoms with E-state index in [-0.39, 0.29) is 37.4 Å². The van der Waals surface area contributed by atoms with Gasteiger partial charge in [-0.05, 0) is 30.2 Å².